The fraction of sp³-hybridized carbons (Fsp3) is 0.538. The fourth-order valence-electron chi connectivity index (χ4n) is 2.58. The Labute approximate surface area is 107 Å². The highest BCUT2D eigenvalue weighted by atomic mass is 15.4. The molecule has 2 N–H and O–H groups in total. The Morgan fingerprint density at radius 1 is 1.33 bits per heavy atom. The molecule has 2 aromatic heterocycles. The lowest BCUT2D eigenvalue weighted by atomic mass is 9.91. The van der Waals surface area contributed by atoms with Crippen molar-refractivity contribution in [3.8, 4) is 0 Å². The van der Waals surface area contributed by atoms with Gasteiger partial charge in [-0.25, -0.2) is 4.52 Å². The van der Waals surface area contributed by atoms with E-state index in [4.69, 9.17) is 5.73 Å². The third-order valence-electron chi connectivity index (χ3n) is 3.80. The predicted molar refractivity (Wildman–Crippen MR) is 71.6 cm³/mol. The van der Waals surface area contributed by atoms with Gasteiger partial charge in [-0.3, -0.25) is 0 Å². The number of pyridine rings is 1. The van der Waals surface area contributed by atoms with Crippen molar-refractivity contribution in [1.29, 1.82) is 0 Å². The molecule has 1 saturated heterocycles. The summed E-state index contributed by atoms with van der Waals surface area (Å²) in [5, 5.41) is 4.51. The largest absolute Gasteiger partial charge is 0.339 e. The molecule has 1 aliphatic rings. The van der Waals surface area contributed by atoms with Crippen LogP contribution in [0.15, 0.2) is 24.4 Å². The second-order valence-electron chi connectivity index (χ2n) is 5.10. The highest BCUT2D eigenvalue weighted by Gasteiger charge is 2.23. The normalized spacial score (nSPS) is 19.3. The molecule has 5 nitrogen and oxygen atoms in total. The number of nitrogens with two attached hydrogens (primary N) is 1. The van der Waals surface area contributed by atoms with Gasteiger partial charge in [-0.15, -0.1) is 5.10 Å². The molecule has 3 rings (SSSR count). The molecular weight excluding hydrogens is 226 g/mol. The van der Waals surface area contributed by atoms with E-state index in [1.54, 1.807) is 0 Å². The van der Waals surface area contributed by atoms with Crippen molar-refractivity contribution in [3.05, 3.63) is 24.4 Å². The molecule has 0 amide bonds. The van der Waals surface area contributed by atoms with Crippen molar-refractivity contribution in [1.82, 2.24) is 14.6 Å². The van der Waals surface area contributed by atoms with Crippen LogP contribution in [0.1, 0.15) is 19.8 Å². The van der Waals surface area contributed by atoms with Crippen molar-refractivity contribution < 1.29 is 0 Å². The van der Waals surface area contributed by atoms with Gasteiger partial charge in [-0.05, 0) is 37.8 Å². The molecule has 96 valence electrons. The number of hydrogen-bond donors (Lipinski definition) is 1. The Kier molecular flexibility index (Phi) is 2.91. The van der Waals surface area contributed by atoms with E-state index in [2.05, 4.69) is 21.9 Å². The maximum atomic E-state index is 5.96. The van der Waals surface area contributed by atoms with Crippen LogP contribution in [0.25, 0.3) is 5.65 Å². The van der Waals surface area contributed by atoms with Crippen LogP contribution >= 0.6 is 0 Å². The Morgan fingerprint density at radius 3 is 2.78 bits per heavy atom. The van der Waals surface area contributed by atoms with Gasteiger partial charge in [0.25, 0.3) is 0 Å². The lowest BCUT2D eigenvalue weighted by molar-refractivity contribution is 0.352. The van der Waals surface area contributed by atoms with E-state index in [0.29, 0.717) is 12.0 Å². The SMILES string of the molecule is CC(N)C1CCN(c2nc3ccccn3n2)CC1. The number of piperidine rings is 1. The summed E-state index contributed by atoms with van der Waals surface area (Å²) in [6.45, 7) is 4.11. The van der Waals surface area contributed by atoms with E-state index in [0.717, 1.165) is 37.5 Å². The Bertz CT molecular complexity index is 492. The summed E-state index contributed by atoms with van der Waals surface area (Å²) in [5.74, 6) is 1.47. The zero-order chi connectivity index (χ0) is 12.5. The molecule has 0 aromatic carbocycles. The molecule has 0 saturated carbocycles. The van der Waals surface area contributed by atoms with Gasteiger partial charge in [0, 0.05) is 25.3 Å². The predicted octanol–water partition coefficient (Wildman–Crippen LogP) is 1.29. The first-order chi connectivity index (χ1) is 8.74. The van der Waals surface area contributed by atoms with Crippen LogP contribution in [0.2, 0.25) is 0 Å². The van der Waals surface area contributed by atoms with Crippen LogP contribution in [-0.4, -0.2) is 33.7 Å². The second-order valence-corrected chi connectivity index (χ2v) is 5.10. The summed E-state index contributed by atoms with van der Waals surface area (Å²) in [6.07, 6.45) is 4.20. The highest BCUT2D eigenvalue weighted by molar-refractivity contribution is 5.44. The quantitative estimate of drug-likeness (QED) is 0.866. The van der Waals surface area contributed by atoms with Crippen LogP contribution in [-0.2, 0) is 0 Å². The molecule has 1 aliphatic heterocycles. The zero-order valence-corrected chi connectivity index (χ0v) is 10.7. The molecule has 1 fully saturated rings. The minimum atomic E-state index is 0.293. The lowest BCUT2D eigenvalue weighted by Crippen LogP contribution is -2.40. The smallest absolute Gasteiger partial charge is 0.245 e. The van der Waals surface area contributed by atoms with Crippen LogP contribution < -0.4 is 10.6 Å². The third kappa shape index (κ3) is 2.06. The van der Waals surface area contributed by atoms with Gasteiger partial charge in [0.15, 0.2) is 5.65 Å². The molecule has 2 aromatic rings. The number of rotatable bonds is 2. The number of fused-ring (bicyclic) bond motifs is 1. The Morgan fingerprint density at radius 2 is 2.11 bits per heavy atom. The first kappa shape index (κ1) is 11.5. The van der Waals surface area contributed by atoms with Crippen molar-refractivity contribution >= 4 is 11.6 Å². The van der Waals surface area contributed by atoms with Crippen LogP contribution in [0.5, 0.6) is 0 Å². The molecule has 0 aliphatic carbocycles. The van der Waals surface area contributed by atoms with Gasteiger partial charge < -0.3 is 10.6 Å². The summed E-state index contributed by atoms with van der Waals surface area (Å²) in [6, 6.07) is 6.22. The van der Waals surface area contributed by atoms with Gasteiger partial charge in [0.05, 0.1) is 0 Å². The van der Waals surface area contributed by atoms with Gasteiger partial charge in [-0.1, -0.05) is 6.07 Å². The first-order valence-corrected chi connectivity index (χ1v) is 6.56. The van der Waals surface area contributed by atoms with Gasteiger partial charge in [0.1, 0.15) is 0 Å². The minimum Gasteiger partial charge on any atom is -0.339 e. The molecule has 3 heterocycles. The lowest BCUT2D eigenvalue weighted by Gasteiger charge is -2.32. The number of nitrogens with zero attached hydrogens (tertiary/aromatic N) is 4. The maximum Gasteiger partial charge on any atom is 0.245 e. The first-order valence-electron chi connectivity index (χ1n) is 6.56. The maximum absolute atomic E-state index is 5.96. The van der Waals surface area contributed by atoms with Gasteiger partial charge >= 0.3 is 0 Å². The Balaban J connectivity index is 1.76. The van der Waals surface area contributed by atoms with E-state index >= 15 is 0 Å². The van der Waals surface area contributed by atoms with Crippen LogP contribution in [0.4, 0.5) is 5.95 Å². The van der Waals surface area contributed by atoms with Gasteiger partial charge in [0.2, 0.25) is 5.95 Å². The standard InChI is InChI=1S/C13H19N5/c1-10(14)11-5-8-17(9-6-11)13-15-12-4-2-3-7-18(12)16-13/h2-4,7,10-11H,5-6,8-9,14H2,1H3. The molecule has 5 heteroatoms. The molecule has 0 radical (unpaired) electrons. The third-order valence-corrected chi connectivity index (χ3v) is 3.80. The molecule has 0 bridgehead atoms. The second kappa shape index (κ2) is 4.57. The minimum absolute atomic E-state index is 0.293. The zero-order valence-electron chi connectivity index (χ0n) is 10.7. The number of anilines is 1. The number of hydrogen-bond acceptors (Lipinski definition) is 4. The summed E-state index contributed by atoms with van der Waals surface area (Å²) in [4.78, 5) is 6.81. The highest BCUT2D eigenvalue weighted by Crippen LogP contribution is 2.22. The van der Waals surface area contributed by atoms with Gasteiger partial charge in [-0.2, -0.15) is 4.98 Å². The van der Waals surface area contributed by atoms with E-state index in [9.17, 15) is 0 Å². The van der Waals surface area contributed by atoms with E-state index in [1.807, 2.05) is 28.9 Å². The van der Waals surface area contributed by atoms with Crippen LogP contribution in [0, 0.1) is 5.92 Å². The van der Waals surface area contributed by atoms with E-state index < -0.39 is 0 Å². The number of aromatic nitrogens is 3. The molecular formula is C13H19N5. The van der Waals surface area contributed by atoms with Crippen molar-refractivity contribution in [2.24, 2.45) is 11.7 Å². The summed E-state index contributed by atoms with van der Waals surface area (Å²) in [7, 11) is 0. The summed E-state index contributed by atoms with van der Waals surface area (Å²) in [5.41, 5.74) is 6.86. The fourth-order valence-corrected chi connectivity index (χ4v) is 2.58. The van der Waals surface area contributed by atoms with Crippen molar-refractivity contribution in [3.63, 3.8) is 0 Å². The molecule has 1 atom stereocenters. The van der Waals surface area contributed by atoms with Crippen LogP contribution in [0.3, 0.4) is 0 Å². The molecule has 0 spiro atoms. The molecule has 1 unspecified atom stereocenters. The van der Waals surface area contributed by atoms with E-state index in [-0.39, 0.29) is 0 Å². The molecule has 18 heavy (non-hydrogen) atoms. The average Bonchev–Trinajstić information content (AvgIpc) is 2.82. The monoisotopic (exact) mass is 245 g/mol. The topological polar surface area (TPSA) is 59.5 Å². The van der Waals surface area contributed by atoms with E-state index in [1.165, 1.54) is 0 Å². The Hall–Kier alpha value is -1.62. The summed E-state index contributed by atoms with van der Waals surface area (Å²) >= 11 is 0. The summed E-state index contributed by atoms with van der Waals surface area (Å²) < 4.78 is 1.83. The average molecular weight is 245 g/mol. The van der Waals surface area contributed by atoms with Crippen molar-refractivity contribution in [2.45, 2.75) is 25.8 Å². The van der Waals surface area contributed by atoms with Crippen molar-refractivity contribution in [2.75, 3.05) is 18.0 Å².